The van der Waals surface area contributed by atoms with Crippen LogP contribution in [0.1, 0.15) is 24.2 Å². The number of carbonyl (C=O) groups excluding carboxylic acids is 1. The first-order valence-corrected chi connectivity index (χ1v) is 5.43. The molecule has 0 spiro atoms. The highest BCUT2D eigenvalue weighted by atomic mass is 32.1. The Bertz CT molecular complexity index is 414. The number of hydrogen-bond acceptors (Lipinski definition) is 4. The van der Waals surface area contributed by atoms with Crippen molar-refractivity contribution in [1.82, 2.24) is 10.3 Å². The maximum absolute atomic E-state index is 11.8. The molecule has 0 radical (unpaired) electrons. The lowest BCUT2D eigenvalue weighted by Gasteiger charge is -2.26. The quantitative estimate of drug-likeness (QED) is 0.700. The van der Waals surface area contributed by atoms with Crippen LogP contribution in [0.5, 0.6) is 0 Å². The van der Waals surface area contributed by atoms with Crippen LogP contribution in [0.25, 0.3) is 0 Å². The number of carboxylic acids is 1. The Hall–Kier alpha value is -1.56. The van der Waals surface area contributed by atoms with Crippen LogP contribution < -0.4 is 5.32 Å². The molecule has 92 valence electrons. The Balaban J connectivity index is 2.83. The minimum Gasteiger partial charge on any atom is -0.480 e. The topological polar surface area (TPSA) is 79.3 Å². The van der Waals surface area contributed by atoms with E-state index in [4.69, 9.17) is 5.11 Å². The van der Waals surface area contributed by atoms with E-state index in [0.29, 0.717) is 5.56 Å². The molecule has 0 unspecified atom stereocenters. The van der Waals surface area contributed by atoms with Crippen LogP contribution in [-0.4, -0.2) is 32.8 Å². The number of carboxylic acid groups (broad SMARTS) is 1. The maximum Gasteiger partial charge on any atom is 0.327 e. The molecule has 0 aromatic carbocycles. The first-order valence-electron chi connectivity index (χ1n) is 4.98. The molecule has 17 heavy (non-hydrogen) atoms. The van der Waals surface area contributed by atoms with E-state index in [9.17, 15) is 9.59 Å². The van der Waals surface area contributed by atoms with Gasteiger partial charge in [-0.05, 0) is 26.0 Å². The van der Waals surface area contributed by atoms with Gasteiger partial charge in [-0.2, -0.15) is 12.6 Å². The standard InChI is InChI=1S/C11H14N2O3S/c1-11(2,17)8(10(15)16)13-9(14)7-4-3-5-12-6-7/h3-6,8,17H,1-2H3,(H,13,14)(H,15,16)/t8-/m0/s1. The van der Waals surface area contributed by atoms with Crippen LogP contribution in [0.15, 0.2) is 24.5 Å². The van der Waals surface area contributed by atoms with Crippen molar-refractivity contribution in [3.63, 3.8) is 0 Å². The van der Waals surface area contributed by atoms with Gasteiger partial charge in [0, 0.05) is 17.1 Å². The molecule has 1 amide bonds. The van der Waals surface area contributed by atoms with Gasteiger partial charge in [0.25, 0.3) is 5.91 Å². The van der Waals surface area contributed by atoms with E-state index in [1.54, 1.807) is 26.0 Å². The smallest absolute Gasteiger partial charge is 0.327 e. The average Bonchev–Trinajstić information content (AvgIpc) is 2.24. The molecule has 0 fully saturated rings. The Morgan fingerprint density at radius 3 is 2.59 bits per heavy atom. The molecule has 1 heterocycles. The lowest BCUT2D eigenvalue weighted by molar-refractivity contribution is -0.139. The Morgan fingerprint density at radius 2 is 2.18 bits per heavy atom. The largest absolute Gasteiger partial charge is 0.480 e. The molecule has 1 aromatic heterocycles. The van der Waals surface area contributed by atoms with E-state index in [2.05, 4.69) is 22.9 Å². The van der Waals surface area contributed by atoms with E-state index < -0.39 is 22.7 Å². The van der Waals surface area contributed by atoms with Gasteiger partial charge < -0.3 is 10.4 Å². The van der Waals surface area contributed by atoms with Crippen molar-refractivity contribution in [2.75, 3.05) is 0 Å². The van der Waals surface area contributed by atoms with Gasteiger partial charge in [-0.1, -0.05) is 0 Å². The summed E-state index contributed by atoms with van der Waals surface area (Å²) in [5, 5.41) is 11.4. The van der Waals surface area contributed by atoms with E-state index in [0.717, 1.165) is 0 Å². The molecular formula is C11H14N2O3S. The predicted octanol–water partition coefficient (Wildman–Crippen LogP) is 0.973. The average molecular weight is 254 g/mol. The monoisotopic (exact) mass is 254 g/mol. The second-order valence-corrected chi connectivity index (χ2v) is 5.29. The summed E-state index contributed by atoms with van der Waals surface area (Å²) in [5.41, 5.74) is 0.316. The van der Waals surface area contributed by atoms with Crippen LogP contribution >= 0.6 is 12.6 Å². The van der Waals surface area contributed by atoms with Crippen molar-refractivity contribution in [3.8, 4) is 0 Å². The van der Waals surface area contributed by atoms with Gasteiger partial charge in [-0.3, -0.25) is 9.78 Å². The number of nitrogens with zero attached hydrogens (tertiary/aromatic N) is 1. The number of amides is 1. The van der Waals surface area contributed by atoms with Crippen LogP contribution in [0.3, 0.4) is 0 Å². The molecule has 0 saturated carbocycles. The number of nitrogens with one attached hydrogen (secondary N) is 1. The minimum absolute atomic E-state index is 0.316. The second-order valence-electron chi connectivity index (χ2n) is 4.14. The third-order valence-electron chi connectivity index (χ3n) is 2.15. The molecule has 2 N–H and O–H groups in total. The molecule has 0 bridgehead atoms. The third-order valence-corrected chi connectivity index (χ3v) is 2.41. The van der Waals surface area contributed by atoms with Crippen molar-refractivity contribution in [1.29, 1.82) is 0 Å². The number of hydrogen-bond donors (Lipinski definition) is 3. The van der Waals surface area contributed by atoms with Crippen LogP contribution in [0.2, 0.25) is 0 Å². The summed E-state index contributed by atoms with van der Waals surface area (Å²) >= 11 is 4.16. The molecule has 1 aromatic rings. The SMILES string of the molecule is CC(C)(S)[C@@H](NC(=O)c1cccnc1)C(=O)O. The maximum atomic E-state index is 11.8. The fourth-order valence-electron chi connectivity index (χ4n) is 1.25. The zero-order valence-electron chi connectivity index (χ0n) is 9.54. The van der Waals surface area contributed by atoms with Crippen molar-refractivity contribution in [3.05, 3.63) is 30.1 Å². The predicted molar refractivity (Wildman–Crippen MR) is 66.2 cm³/mol. The van der Waals surface area contributed by atoms with Crippen LogP contribution in [0.4, 0.5) is 0 Å². The van der Waals surface area contributed by atoms with Crippen LogP contribution in [-0.2, 0) is 4.79 Å². The third kappa shape index (κ3) is 3.74. The molecule has 0 aliphatic carbocycles. The van der Waals surface area contributed by atoms with Crippen molar-refractivity contribution in [2.24, 2.45) is 0 Å². The van der Waals surface area contributed by atoms with E-state index in [1.165, 1.54) is 12.4 Å². The molecule has 6 heteroatoms. The number of aliphatic carboxylic acids is 1. The fourth-order valence-corrected chi connectivity index (χ4v) is 1.43. The van der Waals surface area contributed by atoms with Gasteiger partial charge in [-0.25, -0.2) is 4.79 Å². The molecule has 1 rings (SSSR count). The van der Waals surface area contributed by atoms with Gasteiger partial charge in [0.15, 0.2) is 0 Å². The number of rotatable bonds is 4. The molecule has 1 atom stereocenters. The summed E-state index contributed by atoms with van der Waals surface area (Å²) in [6, 6.07) is 2.10. The normalized spacial score (nSPS) is 12.9. The van der Waals surface area contributed by atoms with Gasteiger partial charge in [-0.15, -0.1) is 0 Å². The molecule has 0 saturated heterocycles. The van der Waals surface area contributed by atoms with E-state index in [-0.39, 0.29) is 0 Å². The summed E-state index contributed by atoms with van der Waals surface area (Å²) < 4.78 is -0.857. The zero-order valence-corrected chi connectivity index (χ0v) is 10.4. The first-order chi connectivity index (χ1) is 7.82. The van der Waals surface area contributed by atoms with Gasteiger partial charge in [0.1, 0.15) is 6.04 Å². The number of thiol groups is 1. The lowest BCUT2D eigenvalue weighted by Crippen LogP contribution is -2.51. The lowest BCUT2D eigenvalue weighted by atomic mass is 10.0. The minimum atomic E-state index is -1.12. The molecule has 5 nitrogen and oxygen atoms in total. The second kappa shape index (κ2) is 5.18. The number of pyridine rings is 1. The van der Waals surface area contributed by atoms with Gasteiger partial charge >= 0.3 is 5.97 Å². The van der Waals surface area contributed by atoms with Crippen molar-refractivity contribution in [2.45, 2.75) is 24.6 Å². The molecular weight excluding hydrogens is 240 g/mol. The van der Waals surface area contributed by atoms with Crippen molar-refractivity contribution >= 4 is 24.5 Å². The van der Waals surface area contributed by atoms with Gasteiger partial charge in [0.2, 0.25) is 0 Å². The number of aromatic nitrogens is 1. The fraction of sp³-hybridized carbons (Fsp3) is 0.364. The summed E-state index contributed by atoms with van der Waals surface area (Å²) in [6.07, 6.45) is 2.91. The highest BCUT2D eigenvalue weighted by Crippen LogP contribution is 2.18. The van der Waals surface area contributed by atoms with E-state index >= 15 is 0 Å². The zero-order chi connectivity index (χ0) is 13.1. The molecule has 0 aliphatic rings. The van der Waals surface area contributed by atoms with E-state index in [1.807, 2.05) is 0 Å². The summed E-state index contributed by atoms with van der Waals surface area (Å²) in [4.78, 5) is 26.6. The number of carbonyl (C=O) groups is 2. The van der Waals surface area contributed by atoms with Crippen molar-refractivity contribution < 1.29 is 14.7 Å². The molecule has 0 aliphatic heterocycles. The Kier molecular flexibility index (Phi) is 4.11. The highest BCUT2D eigenvalue weighted by Gasteiger charge is 2.33. The Morgan fingerprint density at radius 1 is 1.53 bits per heavy atom. The summed E-state index contributed by atoms with van der Waals surface area (Å²) in [6.45, 7) is 3.25. The highest BCUT2D eigenvalue weighted by molar-refractivity contribution is 7.81. The van der Waals surface area contributed by atoms with Gasteiger partial charge in [0.05, 0.1) is 5.56 Å². The summed E-state index contributed by atoms with van der Waals surface area (Å²) in [7, 11) is 0. The first kappa shape index (κ1) is 13.5. The van der Waals surface area contributed by atoms with Crippen LogP contribution in [0, 0.1) is 0 Å². The Labute approximate surface area is 105 Å². The summed E-state index contributed by atoms with van der Waals surface area (Å²) in [5.74, 6) is -1.60.